The lowest BCUT2D eigenvalue weighted by atomic mass is 9.95. The van der Waals surface area contributed by atoms with E-state index < -0.39 is 0 Å². The third-order valence-corrected chi connectivity index (χ3v) is 5.88. The molecule has 5 heteroatoms. The van der Waals surface area contributed by atoms with Crippen LogP contribution in [-0.2, 0) is 0 Å². The van der Waals surface area contributed by atoms with Gasteiger partial charge in [0.1, 0.15) is 0 Å². The van der Waals surface area contributed by atoms with Crippen LogP contribution in [0.2, 0.25) is 0 Å². The molecule has 2 aromatic carbocycles. The summed E-state index contributed by atoms with van der Waals surface area (Å²) in [6, 6.07) is 14.9. The summed E-state index contributed by atoms with van der Waals surface area (Å²) < 4.78 is 1.96. The Balaban J connectivity index is 1.59. The van der Waals surface area contributed by atoms with Crippen LogP contribution in [-0.4, -0.2) is 19.5 Å². The molecule has 0 aliphatic heterocycles. The second-order valence-electron chi connectivity index (χ2n) is 7.82. The van der Waals surface area contributed by atoms with Gasteiger partial charge in [0.2, 0.25) is 0 Å². The first-order chi connectivity index (χ1) is 13.7. The van der Waals surface area contributed by atoms with Gasteiger partial charge in [-0.1, -0.05) is 49.1 Å². The monoisotopic (exact) mass is 372 g/mol. The van der Waals surface area contributed by atoms with Crippen molar-refractivity contribution in [3.05, 3.63) is 64.8 Å². The topological polar surface area (TPSA) is 66.5 Å². The number of benzene rings is 2. The molecule has 1 fully saturated rings. The third-order valence-electron chi connectivity index (χ3n) is 5.88. The van der Waals surface area contributed by atoms with Gasteiger partial charge in [-0.2, -0.15) is 0 Å². The van der Waals surface area contributed by atoms with Crippen LogP contribution < -0.4 is 5.69 Å². The van der Waals surface area contributed by atoms with E-state index in [1.54, 1.807) is 6.33 Å². The number of hydrogen-bond donors (Lipinski definition) is 2. The first-order valence-electron chi connectivity index (χ1n) is 10.1. The molecule has 142 valence electrons. The van der Waals surface area contributed by atoms with Gasteiger partial charge >= 0.3 is 5.69 Å². The zero-order chi connectivity index (χ0) is 19.1. The van der Waals surface area contributed by atoms with Crippen molar-refractivity contribution in [2.75, 3.05) is 0 Å². The van der Waals surface area contributed by atoms with Gasteiger partial charge in [0.05, 0.1) is 28.7 Å². The summed E-state index contributed by atoms with van der Waals surface area (Å²) >= 11 is 0. The average molecular weight is 372 g/mol. The number of rotatable bonds is 3. The molecule has 0 spiro atoms. The summed E-state index contributed by atoms with van der Waals surface area (Å²) in [5, 5.41) is 0. The second-order valence-corrected chi connectivity index (χ2v) is 7.82. The number of H-pyrrole nitrogens is 2. The van der Waals surface area contributed by atoms with E-state index in [1.165, 1.54) is 24.8 Å². The standard InChI is InChI=1S/C23H24N4O/c1-15-6-5-7-16(12-15)21-22(25-14-24-21)17-10-11-20-19(13-17)26-23(28)27(20)18-8-3-2-4-9-18/h5-7,10-14,18H,2-4,8-9H2,1H3,(H,24,25)(H,26,28). The number of fused-ring (bicyclic) bond motifs is 1. The molecule has 5 nitrogen and oxygen atoms in total. The lowest BCUT2D eigenvalue weighted by molar-refractivity contribution is 0.353. The maximum absolute atomic E-state index is 12.6. The fourth-order valence-corrected chi connectivity index (χ4v) is 4.51. The molecule has 1 saturated carbocycles. The Hall–Kier alpha value is -3.08. The van der Waals surface area contributed by atoms with E-state index in [4.69, 9.17) is 0 Å². The van der Waals surface area contributed by atoms with Crippen molar-refractivity contribution in [1.29, 1.82) is 0 Å². The number of aromatic nitrogens is 4. The minimum absolute atomic E-state index is 0.00238. The Morgan fingerprint density at radius 1 is 1.04 bits per heavy atom. The van der Waals surface area contributed by atoms with Crippen molar-refractivity contribution >= 4 is 11.0 Å². The minimum Gasteiger partial charge on any atom is -0.344 e. The Labute approximate surface area is 163 Å². The quantitative estimate of drug-likeness (QED) is 0.519. The van der Waals surface area contributed by atoms with E-state index >= 15 is 0 Å². The van der Waals surface area contributed by atoms with Crippen LogP contribution in [0.25, 0.3) is 33.5 Å². The molecule has 0 atom stereocenters. The highest BCUT2D eigenvalue weighted by molar-refractivity contribution is 5.85. The van der Waals surface area contributed by atoms with Crippen molar-refractivity contribution < 1.29 is 0 Å². The Morgan fingerprint density at radius 2 is 1.89 bits per heavy atom. The summed E-state index contributed by atoms with van der Waals surface area (Å²) in [6.07, 6.45) is 7.59. The summed E-state index contributed by atoms with van der Waals surface area (Å²) in [6.45, 7) is 2.08. The molecular formula is C23H24N4O. The molecule has 5 rings (SSSR count). The first-order valence-corrected chi connectivity index (χ1v) is 10.1. The molecule has 0 saturated heterocycles. The van der Waals surface area contributed by atoms with Crippen molar-refractivity contribution in [3.63, 3.8) is 0 Å². The normalized spacial score (nSPS) is 15.3. The molecule has 1 aliphatic carbocycles. The lowest BCUT2D eigenvalue weighted by Crippen LogP contribution is -2.23. The van der Waals surface area contributed by atoms with Gasteiger partial charge in [0.25, 0.3) is 0 Å². The van der Waals surface area contributed by atoms with Gasteiger partial charge in [0, 0.05) is 17.2 Å². The number of hydrogen-bond acceptors (Lipinski definition) is 2. The van der Waals surface area contributed by atoms with Crippen molar-refractivity contribution in [3.8, 4) is 22.5 Å². The lowest BCUT2D eigenvalue weighted by Gasteiger charge is -2.22. The van der Waals surface area contributed by atoms with Crippen molar-refractivity contribution in [2.45, 2.75) is 45.1 Å². The average Bonchev–Trinajstić information content (AvgIpc) is 3.32. The zero-order valence-corrected chi connectivity index (χ0v) is 16.0. The molecule has 0 bridgehead atoms. The molecule has 2 aromatic heterocycles. The van der Waals surface area contributed by atoms with Crippen LogP contribution >= 0.6 is 0 Å². The zero-order valence-electron chi connectivity index (χ0n) is 16.0. The van der Waals surface area contributed by atoms with Crippen LogP contribution in [0.3, 0.4) is 0 Å². The van der Waals surface area contributed by atoms with Crippen LogP contribution in [0, 0.1) is 6.92 Å². The predicted octanol–water partition coefficient (Wildman–Crippen LogP) is 5.20. The maximum atomic E-state index is 12.6. The van der Waals surface area contributed by atoms with Gasteiger partial charge in [-0.05, 0) is 38.0 Å². The highest BCUT2D eigenvalue weighted by Crippen LogP contribution is 2.33. The number of nitrogens with zero attached hydrogens (tertiary/aromatic N) is 2. The van der Waals surface area contributed by atoms with E-state index in [9.17, 15) is 4.79 Å². The maximum Gasteiger partial charge on any atom is 0.326 e. The van der Waals surface area contributed by atoms with Crippen molar-refractivity contribution in [2.24, 2.45) is 0 Å². The van der Waals surface area contributed by atoms with E-state index in [0.717, 1.165) is 46.4 Å². The molecule has 0 amide bonds. The van der Waals surface area contributed by atoms with Crippen LogP contribution in [0.1, 0.15) is 43.7 Å². The number of nitrogens with one attached hydrogen (secondary N) is 2. The van der Waals surface area contributed by atoms with Crippen LogP contribution in [0.15, 0.2) is 53.6 Å². The molecule has 0 unspecified atom stereocenters. The summed E-state index contributed by atoms with van der Waals surface area (Å²) in [4.78, 5) is 23.5. The minimum atomic E-state index is 0.00238. The van der Waals surface area contributed by atoms with Crippen LogP contribution in [0.5, 0.6) is 0 Å². The van der Waals surface area contributed by atoms with Gasteiger partial charge in [-0.3, -0.25) is 4.57 Å². The highest BCUT2D eigenvalue weighted by Gasteiger charge is 2.20. The molecular weight excluding hydrogens is 348 g/mol. The molecule has 2 heterocycles. The van der Waals surface area contributed by atoms with Gasteiger partial charge in [-0.15, -0.1) is 0 Å². The number of aromatic amines is 2. The van der Waals surface area contributed by atoms with Gasteiger partial charge in [-0.25, -0.2) is 9.78 Å². The van der Waals surface area contributed by atoms with E-state index in [2.05, 4.69) is 58.3 Å². The molecule has 2 N–H and O–H groups in total. The van der Waals surface area contributed by atoms with E-state index in [-0.39, 0.29) is 5.69 Å². The van der Waals surface area contributed by atoms with Gasteiger partial charge in [0.15, 0.2) is 0 Å². The van der Waals surface area contributed by atoms with Gasteiger partial charge < -0.3 is 9.97 Å². The number of imidazole rings is 2. The predicted molar refractivity (Wildman–Crippen MR) is 112 cm³/mol. The molecule has 1 aliphatic rings. The highest BCUT2D eigenvalue weighted by atomic mass is 16.1. The summed E-state index contributed by atoms with van der Waals surface area (Å²) in [5.41, 5.74) is 7.10. The smallest absolute Gasteiger partial charge is 0.326 e. The molecule has 28 heavy (non-hydrogen) atoms. The number of aryl methyl sites for hydroxylation is 1. The summed E-state index contributed by atoms with van der Waals surface area (Å²) in [5.74, 6) is 0. The third kappa shape index (κ3) is 2.87. The fraction of sp³-hybridized carbons (Fsp3) is 0.304. The summed E-state index contributed by atoms with van der Waals surface area (Å²) in [7, 11) is 0. The molecule has 4 aromatic rings. The Kier molecular flexibility index (Phi) is 4.15. The largest absolute Gasteiger partial charge is 0.344 e. The van der Waals surface area contributed by atoms with E-state index in [1.807, 2.05) is 10.6 Å². The van der Waals surface area contributed by atoms with E-state index in [0.29, 0.717) is 6.04 Å². The Bertz CT molecular complexity index is 1190. The first kappa shape index (κ1) is 17.0. The second kappa shape index (κ2) is 6.82. The SMILES string of the molecule is Cc1cccc(-c2nc[nH]c2-c2ccc3c(c2)[nH]c(=O)n3C2CCCCC2)c1. The van der Waals surface area contributed by atoms with Crippen molar-refractivity contribution in [1.82, 2.24) is 19.5 Å². The molecule has 0 radical (unpaired) electrons. The Morgan fingerprint density at radius 3 is 2.71 bits per heavy atom. The van der Waals surface area contributed by atoms with Crippen LogP contribution in [0.4, 0.5) is 0 Å². The fourth-order valence-electron chi connectivity index (χ4n) is 4.51.